The van der Waals surface area contributed by atoms with E-state index in [1.807, 2.05) is 13.8 Å². The van der Waals surface area contributed by atoms with Gasteiger partial charge in [-0.25, -0.2) is 0 Å². The summed E-state index contributed by atoms with van der Waals surface area (Å²) in [6.45, 7) is 10.0. The molecule has 2 heteroatoms. The van der Waals surface area contributed by atoms with Gasteiger partial charge in [0.25, 0.3) is 0 Å². The van der Waals surface area contributed by atoms with Crippen molar-refractivity contribution in [1.82, 2.24) is 9.80 Å². The number of nitrogens with zero attached hydrogens (tertiary/aromatic N) is 2. The quantitative estimate of drug-likeness (QED) is 0.548. The Hall–Kier alpha value is -0.0800. The molecule has 0 N–H and O–H groups in total. The van der Waals surface area contributed by atoms with Gasteiger partial charge in [-0.05, 0) is 40.5 Å². The van der Waals surface area contributed by atoms with Crippen LogP contribution in [0.1, 0.15) is 27.2 Å². The second kappa shape index (κ2) is 6.44. The van der Waals surface area contributed by atoms with Crippen molar-refractivity contribution < 1.29 is 0 Å². The van der Waals surface area contributed by atoms with Gasteiger partial charge in [0.15, 0.2) is 0 Å². The molecule has 1 heterocycles. The number of hydrogen-bond donors (Lipinski definition) is 0. The molecule has 0 unspecified atom stereocenters. The van der Waals surface area contributed by atoms with Crippen molar-refractivity contribution in [3.05, 3.63) is 0 Å². The number of hydrogen-bond acceptors (Lipinski definition) is 2. The van der Waals surface area contributed by atoms with E-state index in [0.29, 0.717) is 0 Å². The largest absolute Gasteiger partial charge is 0.305 e. The lowest BCUT2D eigenvalue weighted by molar-refractivity contribution is 0.242. The third-order valence-corrected chi connectivity index (χ3v) is 2.38. The molecule has 1 saturated heterocycles. The number of rotatable bonds is 0. The van der Waals surface area contributed by atoms with E-state index in [1.54, 1.807) is 0 Å². The molecule has 0 aromatic carbocycles. The first-order chi connectivity index (χ1) is 5.70. The van der Waals surface area contributed by atoms with E-state index in [4.69, 9.17) is 0 Å². The van der Waals surface area contributed by atoms with Crippen LogP contribution in [-0.2, 0) is 0 Å². The molecule has 0 aromatic heterocycles. The fourth-order valence-corrected chi connectivity index (χ4v) is 1.49. The van der Waals surface area contributed by atoms with Crippen molar-refractivity contribution in [2.24, 2.45) is 0 Å². The van der Waals surface area contributed by atoms with Crippen LogP contribution in [0.25, 0.3) is 0 Å². The van der Waals surface area contributed by atoms with Gasteiger partial charge in [0.05, 0.1) is 0 Å². The van der Waals surface area contributed by atoms with Gasteiger partial charge in [0.1, 0.15) is 0 Å². The van der Waals surface area contributed by atoms with Gasteiger partial charge in [-0.3, -0.25) is 0 Å². The standard InChI is InChI=1S/C8H18N2.C2H6/c1-8-7-9(2)5-4-6-10(8)3;1-2/h8H,4-7H2,1-3H3;1-2H3/t8-;/m1./s1. The summed E-state index contributed by atoms with van der Waals surface area (Å²) in [4.78, 5) is 4.84. The van der Waals surface area contributed by atoms with Crippen molar-refractivity contribution in [1.29, 1.82) is 0 Å². The first kappa shape index (κ1) is 11.9. The van der Waals surface area contributed by atoms with Gasteiger partial charge in [-0.2, -0.15) is 0 Å². The molecule has 0 amide bonds. The first-order valence-electron chi connectivity index (χ1n) is 5.09. The molecule has 1 aliphatic heterocycles. The second-order valence-corrected chi connectivity index (χ2v) is 3.45. The van der Waals surface area contributed by atoms with Crippen molar-refractivity contribution in [3.63, 3.8) is 0 Å². The second-order valence-electron chi connectivity index (χ2n) is 3.45. The zero-order chi connectivity index (χ0) is 9.56. The Kier molecular flexibility index (Phi) is 6.39. The minimum Gasteiger partial charge on any atom is -0.305 e. The minimum absolute atomic E-state index is 0.729. The highest BCUT2D eigenvalue weighted by Gasteiger charge is 2.14. The molecule has 1 rings (SSSR count). The van der Waals surface area contributed by atoms with Gasteiger partial charge in [-0.15, -0.1) is 0 Å². The molecule has 0 aliphatic carbocycles. The van der Waals surface area contributed by atoms with E-state index in [2.05, 4.69) is 30.8 Å². The molecule has 0 bridgehead atoms. The Balaban J connectivity index is 0.000000561. The maximum atomic E-state index is 2.43. The summed E-state index contributed by atoms with van der Waals surface area (Å²) in [5, 5.41) is 0. The molecule has 1 atom stereocenters. The molecular formula is C10H24N2. The minimum atomic E-state index is 0.729. The lowest BCUT2D eigenvalue weighted by Gasteiger charge is -2.22. The van der Waals surface area contributed by atoms with Crippen LogP contribution in [-0.4, -0.2) is 49.6 Å². The fourth-order valence-electron chi connectivity index (χ4n) is 1.49. The summed E-state index contributed by atoms with van der Waals surface area (Å²) < 4.78 is 0. The lowest BCUT2D eigenvalue weighted by atomic mass is 10.3. The maximum Gasteiger partial charge on any atom is 0.0191 e. The summed E-state index contributed by atoms with van der Waals surface area (Å²) in [5.41, 5.74) is 0. The van der Waals surface area contributed by atoms with Crippen LogP contribution >= 0.6 is 0 Å². The molecule has 0 aromatic rings. The summed E-state index contributed by atoms with van der Waals surface area (Å²) in [5.74, 6) is 0. The van der Waals surface area contributed by atoms with Crippen LogP contribution in [0.5, 0.6) is 0 Å². The van der Waals surface area contributed by atoms with Crippen LogP contribution in [0.4, 0.5) is 0 Å². The van der Waals surface area contributed by atoms with Crippen LogP contribution in [0.15, 0.2) is 0 Å². The molecule has 2 nitrogen and oxygen atoms in total. The Morgan fingerprint density at radius 3 is 2.25 bits per heavy atom. The Morgan fingerprint density at radius 1 is 1.08 bits per heavy atom. The van der Waals surface area contributed by atoms with Gasteiger partial charge in [0, 0.05) is 12.6 Å². The van der Waals surface area contributed by atoms with E-state index < -0.39 is 0 Å². The van der Waals surface area contributed by atoms with E-state index in [1.165, 1.54) is 26.1 Å². The van der Waals surface area contributed by atoms with Crippen LogP contribution in [0.2, 0.25) is 0 Å². The van der Waals surface area contributed by atoms with Gasteiger partial charge in [-0.1, -0.05) is 13.8 Å². The van der Waals surface area contributed by atoms with E-state index in [-0.39, 0.29) is 0 Å². The third-order valence-electron chi connectivity index (χ3n) is 2.38. The summed E-state index contributed by atoms with van der Waals surface area (Å²) in [7, 11) is 4.42. The molecule has 74 valence electrons. The van der Waals surface area contributed by atoms with Gasteiger partial charge < -0.3 is 9.80 Å². The Morgan fingerprint density at radius 2 is 1.67 bits per heavy atom. The highest BCUT2D eigenvalue weighted by molar-refractivity contribution is 4.71. The molecule has 0 saturated carbocycles. The summed E-state index contributed by atoms with van der Waals surface area (Å²) in [6, 6.07) is 0.729. The van der Waals surface area contributed by atoms with Gasteiger partial charge in [0.2, 0.25) is 0 Å². The van der Waals surface area contributed by atoms with E-state index in [9.17, 15) is 0 Å². The SMILES string of the molecule is CC.C[C@@H]1CN(C)CCCN1C. The molecular weight excluding hydrogens is 148 g/mol. The lowest BCUT2D eigenvalue weighted by Crippen LogP contribution is -2.34. The van der Waals surface area contributed by atoms with Gasteiger partial charge >= 0.3 is 0 Å². The maximum absolute atomic E-state index is 2.43. The average molecular weight is 172 g/mol. The molecule has 0 radical (unpaired) electrons. The van der Waals surface area contributed by atoms with Crippen molar-refractivity contribution in [2.75, 3.05) is 33.7 Å². The Bertz CT molecular complexity index is 104. The molecule has 1 aliphatic rings. The predicted octanol–water partition coefficient (Wildman–Crippen LogP) is 1.67. The molecule has 12 heavy (non-hydrogen) atoms. The van der Waals surface area contributed by atoms with E-state index >= 15 is 0 Å². The fraction of sp³-hybridized carbons (Fsp3) is 1.00. The van der Waals surface area contributed by atoms with Crippen LogP contribution in [0.3, 0.4) is 0 Å². The van der Waals surface area contributed by atoms with E-state index in [0.717, 1.165) is 6.04 Å². The molecule has 1 fully saturated rings. The summed E-state index contributed by atoms with van der Waals surface area (Å²) in [6.07, 6.45) is 1.32. The predicted molar refractivity (Wildman–Crippen MR) is 55.6 cm³/mol. The van der Waals surface area contributed by atoms with Crippen molar-refractivity contribution in [2.45, 2.75) is 33.2 Å². The highest BCUT2D eigenvalue weighted by Crippen LogP contribution is 2.04. The first-order valence-corrected chi connectivity index (χ1v) is 5.09. The molecule has 0 spiro atoms. The normalized spacial score (nSPS) is 27.2. The van der Waals surface area contributed by atoms with Crippen molar-refractivity contribution in [3.8, 4) is 0 Å². The average Bonchev–Trinajstić information content (AvgIpc) is 2.19. The topological polar surface area (TPSA) is 6.48 Å². The van der Waals surface area contributed by atoms with Crippen LogP contribution in [0, 0.1) is 0 Å². The van der Waals surface area contributed by atoms with Crippen LogP contribution < -0.4 is 0 Å². The van der Waals surface area contributed by atoms with Crippen molar-refractivity contribution >= 4 is 0 Å². The Labute approximate surface area is 77.5 Å². The third kappa shape index (κ3) is 4.07. The number of likely N-dealkylation sites (N-methyl/N-ethyl adjacent to an activating group) is 2. The smallest absolute Gasteiger partial charge is 0.0191 e. The monoisotopic (exact) mass is 172 g/mol. The summed E-state index contributed by atoms with van der Waals surface area (Å²) >= 11 is 0. The zero-order valence-corrected chi connectivity index (χ0v) is 9.30. The zero-order valence-electron chi connectivity index (χ0n) is 9.30. The highest BCUT2D eigenvalue weighted by atomic mass is 15.2.